The predicted molar refractivity (Wildman–Crippen MR) is 251 cm³/mol. The van der Waals surface area contributed by atoms with Gasteiger partial charge in [0.1, 0.15) is 11.6 Å². The lowest BCUT2D eigenvalue weighted by molar-refractivity contribution is 0.0848. The summed E-state index contributed by atoms with van der Waals surface area (Å²) in [5, 5.41) is 4.34. The molecule has 57 heavy (non-hydrogen) atoms. The van der Waals surface area contributed by atoms with Crippen molar-refractivity contribution in [1.82, 2.24) is 0 Å². The molecule has 4 aromatic carbocycles. The monoisotopic (exact) mass is 846 g/mol. The maximum atomic E-state index is 15.5. The summed E-state index contributed by atoms with van der Waals surface area (Å²) in [6, 6.07) is 19.7. The van der Waals surface area contributed by atoms with Crippen molar-refractivity contribution in [3.8, 4) is 0 Å². The first kappa shape index (κ1) is 43.4. The molecule has 9 rings (SSSR count). The van der Waals surface area contributed by atoms with Crippen LogP contribution in [0.1, 0.15) is 131 Å². The van der Waals surface area contributed by atoms with Gasteiger partial charge in [-0.3, -0.25) is 4.79 Å². The highest BCUT2D eigenvalue weighted by Crippen LogP contribution is 2.65. The highest BCUT2D eigenvalue weighted by atomic mass is 32.2. The Labute approximate surface area is 361 Å². The molecule has 0 radical (unpaired) electrons. The third-order valence-corrected chi connectivity index (χ3v) is 18.2. The standard InChI is InChI=1S/C25H31FS2.C22H25FO.C3H8S2/c1-2-6-17-9-11-18(12-10-17)22-16-21-20-8-4-3-7-19(20)15-23(26)24(21)25(22)27-13-5-14-28-25;1-2-5-14-8-10-15(11-9-14)18-13-19-17-7-4-3-6-16(17)12-20(23)21(19)22(18)24;4-2-1-3-5/h3-4,7-8,15,17-18,22H,2,5-6,9-14,16H2,1H3;3-4,6-7,12,14-15,18H,2,5,8-11,13H2,1H3;4-5H,1-3H2. The highest BCUT2D eigenvalue weighted by Gasteiger charge is 2.54. The van der Waals surface area contributed by atoms with Gasteiger partial charge >= 0.3 is 0 Å². The first-order valence-corrected chi connectivity index (χ1v) is 25.5. The maximum absolute atomic E-state index is 15.5. The van der Waals surface area contributed by atoms with E-state index in [4.69, 9.17) is 0 Å². The molecule has 4 aromatic rings. The van der Waals surface area contributed by atoms with Crippen LogP contribution in [-0.4, -0.2) is 28.8 Å². The van der Waals surface area contributed by atoms with E-state index in [1.54, 1.807) is 0 Å². The molecule has 1 spiro atoms. The van der Waals surface area contributed by atoms with Gasteiger partial charge in [-0.1, -0.05) is 114 Å². The normalized spacial score (nSPS) is 26.4. The number of benzene rings is 4. The number of Topliss-reactive ketones (excluding diaryl/α,β-unsaturated/α-hetero) is 1. The van der Waals surface area contributed by atoms with Crippen molar-refractivity contribution in [3.63, 3.8) is 0 Å². The molecule has 1 aliphatic heterocycles. The van der Waals surface area contributed by atoms with Crippen LogP contribution in [0.5, 0.6) is 0 Å². The Morgan fingerprint density at radius 1 is 0.684 bits per heavy atom. The predicted octanol–water partition coefficient (Wildman–Crippen LogP) is 15.0. The molecule has 0 aromatic heterocycles. The van der Waals surface area contributed by atoms with Crippen LogP contribution in [0.25, 0.3) is 21.5 Å². The van der Waals surface area contributed by atoms with Crippen molar-refractivity contribution in [2.75, 3.05) is 23.0 Å². The molecule has 308 valence electrons. The number of carbonyl (C=O) groups excluding carboxylic acids is 1. The summed E-state index contributed by atoms with van der Waals surface area (Å²) in [5.74, 6) is 7.65. The molecule has 2 unspecified atom stereocenters. The summed E-state index contributed by atoms with van der Waals surface area (Å²) >= 11 is 12.1. The van der Waals surface area contributed by atoms with Crippen molar-refractivity contribution < 1.29 is 13.6 Å². The fourth-order valence-corrected chi connectivity index (χ4v) is 15.8. The Bertz CT molecular complexity index is 1960. The van der Waals surface area contributed by atoms with E-state index in [1.165, 1.54) is 99.2 Å². The molecular formula is C50H64F2OS4. The molecule has 2 atom stereocenters. The van der Waals surface area contributed by atoms with Crippen LogP contribution in [-0.2, 0) is 16.9 Å². The summed E-state index contributed by atoms with van der Waals surface area (Å²) < 4.78 is 30.0. The Morgan fingerprint density at radius 3 is 1.75 bits per heavy atom. The second-order valence-electron chi connectivity index (χ2n) is 17.5. The second kappa shape index (κ2) is 20.3. The quantitative estimate of drug-likeness (QED) is 0.172. The number of thioether (sulfide) groups is 2. The van der Waals surface area contributed by atoms with Crippen molar-refractivity contribution in [2.45, 2.75) is 121 Å². The van der Waals surface area contributed by atoms with Crippen molar-refractivity contribution >= 4 is 76.1 Å². The Hall–Kier alpha value is -1.67. The minimum atomic E-state index is -0.323. The smallest absolute Gasteiger partial charge is 0.169 e. The number of rotatable bonds is 8. The fraction of sp³-hybridized carbons (Fsp3) is 0.580. The second-order valence-corrected chi connectivity index (χ2v) is 21.3. The van der Waals surface area contributed by atoms with E-state index in [1.807, 2.05) is 36.4 Å². The van der Waals surface area contributed by atoms with E-state index in [0.29, 0.717) is 17.4 Å². The third kappa shape index (κ3) is 9.32. The van der Waals surface area contributed by atoms with Gasteiger partial charge in [-0.2, -0.15) is 25.3 Å². The van der Waals surface area contributed by atoms with Gasteiger partial charge in [-0.15, -0.1) is 23.5 Å². The molecule has 1 heterocycles. The van der Waals surface area contributed by atoms with Gasteiger partial charge in [0.05, 0.1) is 9.64 Å². The summed E-state index contributed by atoms with van der Waals surface area (Å²) in [5.41, 5.74) is 3.74. The van der Waals surface area contributed by atoms with Crippen LogP contribution >= 0.6 is 48.8 Å². The summed E-state index contributed by atoms with van der Waals surface area (Å²) in [6.07, 6.45) is 19.7. The van der Waals surface area contributed by atoms with E-state index < -0.39 is 0 Å². The first-order chi connectivity index (χ1) is 27.8. The van der Waals surface area contributed by atoms with Crippen LogP contribution in [0.15, 0.2) is 60.7 Å². The zero-order valence-electron chi connectivity index (χ0n) is 34.3. The van der Waals surface area contributed by atoms with E-state index in [9.17, 15) is 9.18 Å². The topological polar surface area (TPSA) is 17.1 Å². The van der Waals surface area contributed by atoms with Gasteiger partial charge < -0.3 is 0 Å². The molecule has 0 amide bonds. The summed E-state index contributed by atoms with van der Waals surface area (Å²) in [7, 11) is 0. The van der Waals surface area contributed by atoms with Crippen LogP contribution in [0.3, 0.4) is 0 Å². The number of fused-ring (bicyclic) bond motifs is 7. The zero-order valence-corrected chi connectivity index (χ0v) is 37.7. The molecule has 7 heteroatoms. The fourth-order valence-electron chi connectivity index (χ4n) is 11.3. The lowest BCUT2D eigenvalue weighted by Crippen LogP contribution is -2.35. The van der Waals surface area contributed by atoms with Gasteiger partial charge in [0.15, 0.2) is 5.78 Å². The molecule has 3 fully saturated rings. The largest absolute Gasteiger partial charge is 0.294 e. The van der Waals surface area contributed by atoms with Gasteiger partial charge in [-0.25, -0.2) is 8.78 Å². The van der Waals surface area contributed by atoms with E-state index in [-0.39, 0.29) is 27.4 Å². The lowest BCUT2D eigenvalue weighted by atomic mass is 9.73. The first-order valence-electron chi connectivity index (χ1n) is 22.3. The molecule has 2 saturated carbocycles. The highest BCUT2D eigenvalue weighted by molar-refractivity contribution is 8.18. The number of thiol groups is 2. The molecule has 0 bridgehead atoms. The minimum Gasteiger partial charge on any atom is -0.294 e. The number of carbonyl (C=O) groups is 1. The third-order valence-electron chi connectivity index (χ3n) is 14.0. The maximum Gasteiger partial charge on any atom is 0.169 e. The average molecular weight is 847 g/mol. The van der Waals surface area contributed by atoms with Crippen molar-refractivity contribution in [3.05, 3.63) is 94.6 Å². The number of halogens is 2. The summed E-state index contributed by atoms with van der Waals surface area (Å²) in [6.45, 7) is 4.56. The lowest BCUT2D eigenvalue weighted by Gasteiger charge is -2.44. The SMILES string of the molecule is CCCC1CCC(C2Cc3c(c(F)cc4ccccc34)C23SCCCS3)CC1.CCCC1CCC(C2Cc3c(c(F)cc4ccccc34)C2=O)CC1.SCCCS. The van der Waals surface area contributed by atoms with Crippen molar-refractivity contribution in [1.29, 1.82) is 0 Å². The van der Waals surface area contributed by atoms with Crippen LogP contribution < -0.4 is 0 Å². The van der Waals surface area contributed by atoms with Gasteiger partial charge in [0, 0.05) is 11.5 Å². The van der Waals surface area contributed by atoms with E-state index in [0.717, 1.165) is 88.6 Å². The molecule has 1 saturated heterocycles. The molecule has 4 aliphatic carbocycles. The number of ketones is 1. The van der Waals surface area contributed by atoms with Crippen LogP contribution in [0.2, 0.25) is 0 Å². The molecular weight excluding hydrogens is 783 g/mol. The zero-order chi connectivity index (χ0) is 39.9. The van der Waals surface area contributed by atoms with Crippen LogP contribution in [0.4, 0.5) is 8.78 Å². The Morgan fingerprint density at radius 2 is 1.21 bits per heavy atom. The van der Waals surface area contributed by atoms with E-state index in [2.05, 4.69) is 80.8 Å². The molecule has 1 nitrogen and oxygen atoms in total. The Kier molecular flexibility index (Phi) is 15.4. The molecule has 0 N–H and O–H groups in total. The number of hydrogen-bond donors (Lipinski definition) is 2. The molecule has 5 aliphatic rings. The summed E-state index contributed by atoms with van der Waals surface area (Å²) in [4.78, 5) is 12.9. The van der Waals surface area contributed by atoms with Gasteiger partial charge in [0.25, 0.3) is 0 Å². The Balaban J connectivity index is 0.000000157. The minimum absolute atomic E-state index is 0.00267. The van der Waals surface area contributed by atoms with Gasteiger partial charge in [-0.05, 0) is 149 Å². The average Bonchev–Trinajstić information content (AvgIpc) is 3.76. The van der Waals surface area contributed by atoms with Gasteiger partial charge in [0.2, 0.25) is 0 Å². The van der Waals surface area contributed by atoms with E-state index >= 15 is 4.39 Å². The number of hydrogen-bond acceptors (Lipinski definition) is 5. The van der Waals surface area contributed by atoms with Crippen LogP contribution in [0, 0.1) is 47.1 Å². The van der Waals surface area contributed by atoms with Crippen molar-refractivity contribution in [2.24, 2.45) is 35.5 Å².